The molecule has 1 fully saturated rings. The Morgan fingerprint density at radius 3 is 2.32 bits per heavy atom. The average molecular weight is 521 g/mol. The van der Waals surface area contributed by atoms with E-state index in [1.54, 1.807) is 42.5 Å². The third kappa shape index (κ3) is 9.38. The number of ether oxygens (including phenoxy) is 3. The number of carbonyl (C=O) groups is 2. The van der Waals surface area contributed by atoms with Crippen LogP contribution in [0.4, 0.5) is 11.4 Å². The van der Waals surface area contributed by atoms with E-state index in [1.807, 2.05) is 12.1 Å². The fourth-order valence-electron chi connectivity index (χ4n) is 4.60. The number of esters is 2. The van der Waals surface area contributed by atoms with Crippen LogP contribution in [0.15, 0.2) is 61.2 Å². The molecule has 0 aliphatic heterocycles. The van der Waals surface area contributed by atoms with E-state index >= 15 is 0 Å². The minimum absolute atomic E-state index is 0.0260. The molecule has 7 nitrogen and oxygen atoms in total. The number of benzene rings is 2. The van der Waals surface area contributed by atoms with E-state index in [9.17, 15) is 9.59 Å². The van der Waals surface area contributed by atoms with Crippen molar-refractivity contribution in [2.45, 2.75) is 70.0 Å². The van der Waals surface area contributed by atoms with Gasteiger partial charge in [0.05, 0.1) is 24.9 Å². The number of hydrogen-bond donors (Lipinski definition) is 2. The molecule has 1 aliphatic carbocycles. The number of carbonyl (C=O) groups excluding carboxylic acids is 2. The van der Waals surface area contributed by atoms with Crippen LogP contribution in [0.5, 0.6) is 0 Å². The fourth-order valence-corrected chi connectivity index (χ4v) is 4.60. The average Bonchev–Trinajstić information content (AvgIpc) is 2.91. The quantitative estimate of drug-likeness (QED) is 0.143. The third-order valence-corrected chi connectivity index (χ3v) is 6.71. The van der Waals surface area contributed by atoms with Crippen molar-refractivity contribution in [2.24, 2.45) is 0 Å². The summed E-state index contributed by atoms with van der Waals surface area (Å²) in [6.45, 7) is 6.59. The van der Waals surface area contributed by atoms with Gasteiger partial charge in [-0.3, -0.25) is 0 Å². The van der Waals surface area contributed by atoms with Gasteiger partial charge in [0, 0.05) is 23.4 Å². The Labute approximate surface area is 225 Å². The number of nitrogens with two attached hydrogens (primary N) is 2. The smallest absolute Gasteiger partial charge is 0.338 e. The Kier molecular flexibility index (Phi) is 11.4. The lowest BCUT2D eigenvalue weighted by atomic mass is 9.93. The van der Waals surface area contributed by atoms with Crippen LogP contribution in [0.3, 0.4) is 0 Å². The van der Waals surface area contributed by atoms with Crippen LogP contribution < -0.4 is 11.5 Å². The molecule has 0 saturated heterocycles. The van der Waals surface area contributed by atoms with Crippen LogP contribution in [-0.2, 0) is 19.0 Å². The summed E-state index contributed by atoms with van der Waals surface area (Å²) in [5.41, 5.74) is 15.3. The van der Waals surface area contributed by atoms with E-state index in [0.717, 1.165) is 56.1 Å². The van der Waals surface area contributed by atoms with E-state index in [4.69, 9.17) is 25.7 Å². The highest BCUT2D eigenvalue weighted by molar-refractivity contribution is 5.90. The van der Waals surface area contributed by atoms with Gasteiger partial charge in [-0.05, 0) is 79.6 Å². The second-order valence-electron chi connectivity index (χ2n) is 9.78. The Hall–Kier alpha value is -3.58. The normalized spacial score (nSPS) is 18.1. The highest BCUT2D eigenvalue weighted by Crippen LogP contribution is 2.27. The highest BCUT2D eigenvalue weighted by Gasteiger charge is 2.24. The second-order valence-corrected chi connectivity index (χ2v) is 9.78. The van der Waals surface area contributed by atoms with Gasteiger partial charge in [0.25, 0.3) is 0 Å². The van der Waals surface area contributed by atoms with Crippen molar-refractivity contribution >= 4 is 29.4 Å². The van der Waals surface area contributed by atoms with E-state index in [-0.39, 0.29) is 30.7 Å². The van der Waals surface area contributed by atoms with Gasteiger partial charge in [0.15, 0.2) is 0 Å². The van der Waals surface area contributed by atoms with Crippen molar-refractivity contribution in [1.29, 1.82) is 0 Å². The largest absolute Gasteiger partial charge is 0.462 e. The molecule has 3 rings (SSSR count). The maximum Gasteiger partial charge on any atom is 0.338 e. The molecule has 204 valence electrons. The first kappa shape index (κ1) is 29.0. The molecule has 0 radical (unpaired) electrons. The van der Waals surface area contributed by atoms with Gasteiger partial charge < -0.3 is 25.7 Å². The Balaban J connectivity index is 1.48. The number of hydrogen-bond acceptors (Lipinski definition) is 7. The second kappa shape index (κ2) is 15.0. The number of rotatable bonds is 13. The first-order valence-corrected chi connectivity index (χ1v) is 13.4. The lowest BCUT2D eigenvalue weighted by Crippen LogP contribution is -2.28. The first-order chi connectivity index (χ1) is 18.4. The van der Waals surface area contributed by atoms with E-state index in [2.05, 4.69) is 13.5 Å². The zero-order valence-electron chi connectivity index (χ0n) is 22.3. The van der Waals surface area contributed by atoms with Crippen LogP contribution in [0.2, 0.25) is 0 Å². The molecule has 0 aromatic heterocycles. The molecule has 0 bridgehead atoms. The molecule has 2 aromatic rings. The summed E-state index contributed by atoms with van der Waals surface area (Å²) in [6, 6.07) is 12.5. The number of nitrogen functional groups attached to an aromatic ring is 2. The van der Waals surface area contributed by atoms with Gasteiger partial charge in [-0.1, -0.05) is 38.0 Å². The molecule has 1 aliphatic rings. The SMILES string of the molecule is C=CCOC1CCC(OC(=O)c2ccc(/C=C/C(=O)OCC(CCCC)c3cc(N)cc(N)c3)cc2)CC1. The molecule has 2 aromatic carbocycles. The maximum absolute atomic E-state index is 12.6. The standard InChI is InChI=1S/C31H40N2O5/c1-3-5-6-24(25-18-26(32)20-27(33)19-25)21-37-30(34)16-9-22-7-10-23(11-8-22)31(35)38-29-14-12-28(13-15-29)36-17-4-2/h4,7-11,16,18-20,24,28-29H,2-3,5-6,12-15,17,21,32-33H2,1H3/b16-9+. The Bertz CT molecular complexity index is 1070. The first-order valence-electron chi connectivity index (χ1n) is 13.4. The van der Waals surface area contributed by atoms with Gasteiger partial charge in [-0.25, -0.2) is 9.59 Å². The van der Waals surface area contributed by atoms with Crippen LogP contribution in [0.25, 0.3) is 6.08 Å². The van der Waals surface area contributed by atoms with Gasteiger partial charge in [0.1, 0.15) is 6.10 Å². The molecule has 1 atom stereocenters. The summed E-state index contributed by atoms with van der Waals surface area (Å²) >= 11 is 0. The molecule has 4 N–H and O–H groups in total. The predicted molar refractivity (Wildman–Crippen MR) is 152 cm³/mol. The van der Waals surface area contributed by atoms with Gasteiger partial charge >= 0.3 is 11.9 Å². The van der Waals surface area contributed by atoms with Crippen molar-refractivity contribution in [3.63, 3.8) is 0 Å². The van der Waals surface area contributed by atoms with Crippen molar-refractivity contribution < 1.29 is 23.8 Å². The highest BCUT2D eigenvalue weighted by atomic mass is 16.5. The fraction of sp³-hybridized carbons (Fsp3) is 0.419. The molecule has 0 heterocycles. The zero-order chi connectivity index (χ0) is 27.3. The summed E-state index contributed by atoms with van der Waals surface area (Å²) in [4.78, 5) is 24.9. The van der Waals surface area contributed by atoms with E-state index < -0.39 is 5.97 Å². The minimum atomic E-state index is -0.431. The summed E-state index contributed by atoms with van der Waals surface area (Å²) in [7, 11) is 0. The molecule has 0 amide bonds. The molecule has 38 heavy (non-hydrogen) atoms. The zero-order valence-corrected chi connectivity index (χ0v) is 22.3. The summed E-state index contributed by atoms with van der Waals surface area (Å²) in [5, 5.41) is 0. The monoisotopic (exact) mass is 520 g/mol. The van der Waals surface area contributed by atoms with Crippen LogP contribution in [-0.4, -0.2) is 37.4 Å². The molecular weight excluding hydrogens is 480 g/mol. The minimum Gasteiger partial charge on any atom is -0.462 e. The molecule has 1 saturated carbocycles. The van der Waals surface area contributed by atoms with E-state index in [0.29, 0.717) is 23.5 Å². The molecule has 1 unspecified atom stereocenters. The summed E-state index contributed by atoms with van der Waals surface area (Å²) < 4.78 is 16.9. The predicted octanol–water partition coefficient (Wildman–Crippen LogP) is 6.05. The summed E-state index contributed by atoms with van der Waals surface area (Å²) in [5.74, 6) is -0.742. The van der Waals surface area contributed by atoms with Gasteiger partial charge in [0.2, 0.25) is 0 Å². The molecular formula is C31H40N2O5. The number of unbranched alkanes of at least 4 members (excludes halogenated alkanes) is 1. The maximum atomic E-state index is 12.6. The summed E-state index contributed by atoms with van der Waals surface area (Å²) in [6.07, 6.45) is 11.2. The lowest BCUT2D eigenvalue weighted by Gasteiger charge is -2.28. The van der Waals surface area contributed by atoms with Gasteiger partial charge in [-0.2, -0.15) is 0 Å². The third-order valence-electron chi connectivity index (χ3n) is 6.71. The molecule has 7 heteroatoms. The number of anilines is 2. The molecule has 0 spiro atoms. The van der Waals surface area contributed by atoms with Crippen molar-refractivity contribution in [1.82, 2.24) is 0 Å². The lowest BCUT2D eigenvalue weighted by molar-refractivity contribution is -0.138. The van der Waals surface area contributed by atoms with Crippen LogP contribution in [0.1, 0.15) is 79.3 Å². The van der Waals surface area contributed by atoms with Crippen molar-refractivity contribution in [3.8, 4) is 0 Å². The van der Waals surface area contributed by atoms with Crippen LogP contribution in [0, 0.1) is 0 Å². The van der Waals surface area contributed by atoms with E-state index in [1.165, 1.54) is 6.08 Å². The Morgan fingerprint density at radius 2 is 1.68 bits per heavy atom. The Morgan fingerprint density at radius 1 is 1.03 bits per heavy atom. The van der Waals surface area contributed by atoms with Gasteiger partial charge in [-0.15, -0.1) is 6.58 Å². The van der Waals surface area contributed by atoms with Crippen molar-refractivity contribution in [2.75, 3.05) is 24.7 Å². The van der Waals surface area contributed by atoms with Crippen LogP contribution >= 0.6 is 0 Å². The van der Waals surface area contributed by atoms with Crippen molar-refractivity contribution in [3.05, 3.63) is 77.9 Å². The topological polar surface area (TPSA) is 114 Å².